The average molecular weight is 274 g/mol. The van der Waals surface area contributed by atoms with E-state index in [1.54, 1.807) is 16.8 Å². The number of hydrogen-bond acceptors (Lipinski definition) is 2. The van der Waals surface area contributed by atoms with Crippen LogP contribution in [0.3, 0.4) is 0 Å². The zero-order chi connectivity index (χ0) is 14.5. The van der Waals surface area contributed by atoms with Crippen molar-refractivity contribution in [1.29, 1.82) is 0 Å². The van der Waals surface area contributed by atoms with Crippen molar-refractivity contribution in [1.82, 2.24) is 9.80 Å². The van der Waals surface area contributed by atoms with Gasteiger partial charge in [0.1, 0.15) is 0 Å². The zero-order valence-corrected chi connectivity index (χ0v) is 12.3. The molecule has 4 nitrogen and oxygen atoms in total. The van der Waals surface area contributed by atoms with Crippen LogP contribution in [-0.4, -0.2) is 41.8 Å². The van der Waals surface area contributed by atoms with Crippen LogP contribution in [0.4, 0.5) is 0 Å². The number of benzene rings is 1. The molecule has 2 rings (SSSR count). The summed E-state index contributed by atoms with van der Waals surface area (Å²) in [5, 5.41) is 0. The van der Waals surface area contributed by atoms with Gasteiger partial charge in [-0.2, -0.15) is 0 Å². The Labute approximate surface area is 120 Å². The molecule has 20 heavy (non-hydrogen) atoms. The van der Waals surface area contributed by atoms with E-state index in [1.807, 2.05) is 31.2 Å². The lowest BCUT2D eigenvalue weighted by molar-refractivity contribution is -0.141. The largest absolute Gasteiger partial charge is 0.340 e. The second kappa shape index (κ2) is 6.55. The molecular formula is C16H22N2O2. The Kier molecular flexibility index (Phi) is 4.77. The second-order valence-electron chi connectivity index (χ2n) is 5.51. The number of nitrogens with zero attached hydrogens (tertiary/aromatic N) is 2. The van der Waals surface area contributed by atoms with Crippen LogP contribution in [0.15, 0.2) is 24.3 Å². The number of aryl methyl sites for hydroxylation is 1. The molecule has 0 spiro atoms. The van der Waals surface area contributed by atoms with Gasteiger partial charge in [0.15, 0.2) is 0 Å². The lowest BCUT2D eigenvalue weighted by atomic mass is 10.1. The van der Waals surface area contributed by atoms with Crippen molar-refractivity contribution in [2.24, 2.45) is 0 Å². The van der Waals surface area contributed by atoms with Crippen molar-refractivity contribution in [3.63, 3.8) is 0 Å². The van der Waals surface area contributed by atoms with E-state index in [9.17, 15) is 9.59 Å². The minimum Gasteiger partial charge on any atom is -0.340 e. The Bertz CT molecular complexity index is 482. The van der Waals surface area contributed by atoms with Crippen LogP contribution in [0.5, 0.6) is 0 Å². The molecule has 0 aliphatic carbocycles. The summed E-state index contributed by atoms with van der Waals surface area (Å²) in [6, 6.07) is 8.15. The molecule has 1 aromatic carbocycles. The van der Waals surface area contributed by atoms with E-state index in [1.165, 1.54) is 5.56 Å². The topological polar surface area (TPSA) is 40.6 Å². The van der Waals surface area contributed by atoms with Crippen LogP contribution < -0.4 is 0 Å². The van der Waals surface area contributed by atoms with E-state index in [2.05, 4.69) is 0 Å². The van der Waals surface area contributed by atoms with Gasteiger partial charge in [-0.1, -0.05) is 29.8 Å². The van der Waals surface area contributed by atoms with Crippen LogP contribution in [0.2, 0.25) is 0 Å². The van der Waals surface area contributed by atoms with Crippen LogP contribution in [-0.2, 0) is 16.1 Å². The van der Waals surface area contributed by atoms with Gasteiger partial charge in [0, 0.05) is 26.6 Å². The number of carbonyl (C=O) groups is 2. The predicted octanol–water partition coefficient (Wildman–Crippen LogP) is 1.97. The molecule has 1 heterocycles. The first kappa shape index (κ1) is 14.6. The van der Waals surface area contributed by atoms with Crippen LogP contribution in [0.25, 0.3) is 0 Å². The minimum atomic E-state index is 0.000764. The van der Waals surface area contributed by atoms with Gasteiger partial charge in [0.2, 0.25) is 11.8 Å². The highest BCUT2D eigenvalue weighted by Gasteiger charge is 2.21. The number of carbonyl (C=O) groups excluding carboxylic acids is 2. The predicted molar refractivity (Wildman–Crippen MR) is 78.1 cm³/mol. The van der Waals surface area contributed by atoms with E-state index in [4.69, 9.17) is 0 Å². The van der Waals surface area contributed by atoms with Gasteiger partial charge in [-0.25, -0.2) is 0 Å². The van der Waals surface area contributed by atoms with Crippen molar-refractivity contribution in [2.75, 3.05) is 20.1 Å². The van der Waals surface area contributed by atoms with Crippen molar-refractivity contribution < 1.29 is 9.59 Å². The van der Waals surface area contributed by atoms with Crippen molar-refractivity contribution >= 4 is 11.8 Å². The van der Waals surface area contributed by atoms with Gasteiger partial charge in [-0.15, -0.1) is 0 Å². The number of likely N-dealkylation sites (N-methyl/N-ethyl adjacent to an activating group) is 1. The fourth-order valence-electron chi connectivity index (χ4n) is 2.37. The van der Waals surface area contributed by atoms with Gasteiger partial charge in [-0.3, -0.25) is 9.59 Å². The molecule has 2 amide bonds. The lowest BCUT2D eigenvalue weighted by Crippen LogP contribution is -2.43. The average Bonchev–Trinajstić information content (AvgIpc) is 2.44. The monoisotopic (exact) mass is 274 g/mol. The van der Waals surface area contributed by atoms with Crippen molar-refractivity contribution in [3.8, 4) is 0 Å². The second-order valence-corrected chi connectivity index (χ2v) is 5.51. The highest BCUT2D eigenvalue weighted by atomic mass is 16.2. The van der Waals surface area contributed by atoms with Crippen LogP contribution >= 0.6 is 0 Å². The van der Waals surface area contributed by atoms with E-state index < -0.39 is 0 Å². The summed E-state index contributed by atoms with van der Waals surface area (Å²) in [6.07, 6.45) is 2.53. The number of amides is 2. The molecule has 4 heteroatoms. The molecule has 0 N–H and O–H groups in total. The summed E-state index contributed by atoms with van der Waals surface area (Å²) in [5.74, 6) is 0.106. The Morgan fingerprint density at radius 3 is 2.60 bits per heavy atom. The van der Waals surface area contributed by atoms with Gasteiger partial charge in [-0.05, 0) is 25.3 Å². The molecule has 0 saturated carbocycles. The first-order valence-electron chi connectivity index (χ1n) is 7.13. The lowest BCUT2D eigenvalue weighted by Gasteiger charge is -2.28. The van der Waals surface area contributed by atoms with E-state index in [0.717, 1.165) is 18.4 Å². The molecular weight excluding hydrogens is 252 g/mol. The third-order valence-electron chi connectivity index (χ3n) is 3.71. The normalized spacial score (nSPS) is 15.3. The Hall–Kier alpha value is -1.84. The summed E-state index contributed by atoms with van der Waals surface area (Å²) >= 11 is 0. The van der Waals surface area contributed by atoms with Gasteiger partial charge in [0.05, 0.1) is 6.54 Å². The summed E-state index contributed by atoms with van der Waals surface area (Å²) in [5.41, 5.74) is 2.32. The zero-order valence-electron chi connectivity index (χ0n) is 12.3. The van der Waals surface area contributed by atoms with E-state index in [0.29, 0.717) is 19.5 Å². The highest BCUT2D eigenvalue weighted by molar-refractivity contribution is 5.85. The maximum absolute atomic E-state index is 12.2. The number of hydrogen-bond donors (Lipinski definition) is 0. The molecule has 0 unspecified atom stereocenters. The maximum atomic E-state index is 12.2. The van der Waals surface area contributed by atoms with Crippen LogP contribution in [0.1, 0.15) is 30.4 Å². The Morgan fingerprint density at radius 2 is 1.95 bits per heavy atom. The van der Waals surface area contributed by atoms with Gasteiger partial charge < -0.3 is 9.80 Å². The standard InChI is InChI=1S/C16H22N2O2/c1-13-6-8-14(9-7-13)11-17(2)16(20)12-18-10-4-3-5-15(18)19/h6-9H,3-5,10-12H2,1-2H3. The minimum absolute atomic E-state index is 0.000764. The van der Waals surface area contributed by atoms with Gasteiger partial charge in [0.25, 0.3) is 0 Å². The highest BCUT2D eigenvalue weighted by Crippen LogP contribution is 2.11. The SMILES string of the molecule is Cc1ccc(CN(C)C(=O)CN2CCCCC2=O)cc1. The molecule has 0 atom stereocenters. The van der Waals surface area contributed by atoms with Crippen molar-refractivity contribution in [2.45, 2.75) is 32.7 Å². The van der Waals surface area contributed by atoms with Crippen LogP contribution in [0, 0.1) is 6.92 Å². The molecule has 108 valence electrons. The molecule has 0 radical (unpaired) electrons. The fraction of sp³-hybridized carbons (Fsp3) is 0.500. The maximum Gasteiger partial charge on any atom is 0.242 e. The molecule has 0 aromatic heterocycles. The third kappa shape index (κ3) is 3.83. The molecule has 1 aromatic rings. The molecule has 1 saturated heterocycles. The summed E-state index contributed by atoms with van der Waals surface area (Å²) in [7, 11) is 1.79. The first-order valence-corrected chi connectivity index (χ1v) is 7.13. The smallest absolute Gasteiger partial charge is 0.242 e. The molecule has 1 aliphatic heterocycles. The Morgan fingerprint density at radius 1 is 1.25 bits per heavy atom. The van der Waals surface area contributed by atoms with E-state index >= 15 is 0 Å². The molecule has 1 fully saturated rings. The summed E-state index contributed by atoms with van der Waals surface area (Å²) in [4.78, 5) is 27.2. The van der Waals surface area contributed by atoms with Gasteiger partial charge >= 0.3 is 0 Å². The number of piperidine rings is 1. The number of likely N-dealkylation sites (tertiary alicyclic amines) is 1. The Balaban J connectivity index is 1.88. The summed E-state index contributed by atoms with van der Waals surface area (Å²) < 4.78 is 0. The van der Waals surface area contributed by atoms with E-state index in [-0.39, 0.29) is 18.4 Å². The first-order chi connectivity index (χ1) is 9.56. The molecule has 1 aliphatic rings. The van der Waals surface area contributed by atoms with Crippen molar-refractivity contribution in [3.05, 3.63) is 35.4 Å². The third-order valence-corrected chi connectivity index (χ3v) is 3.71. The summed E-state index contributed by atoms with van der Waals surface area (Å²) in [6.45, 7) is 3.55. The number of rotatable bonds is 4. The quantitative estimate of drug-likeness (QED) is 0.842. The molecule has 0 bridgehead atoms. The fourth-order valence-corrected chi connectivity index (χ4v) is 2.37.